The first-order valence-corrected chi connectivity index (χ1v) is 11.0. The normalized spacial score (nSPS) is 18.8. The molecule has 3 heterocycles. The molecule has 0 aliphatic carbocycles. The zero-order chi connectivity index (χ0) is 24.7. The number of benzene rings is 2. The maximum atomic E-state index is 13.9. The van der Waals surface area contributed by atoms with Crippen LogP contribution in [0.25, 0.3) is 0 Å². The third-order valence-electron chi connectivity index (χ3n) is 6.24. The molecule has 5 rings (SSSR count). The van der Waals surface area contributed by atoms with Crippen LogP contribution in [0.4, 0.5) is 8.78 Å². The molecule has 0 saturated carbocycles. The number of halogens is 2. The molecule has 2 aliphatic heterocycles. The van der Waals surface area contributed by atoms with Gasteiger partial charge in [0.05, 0.1) is 19.2 Å². The highest BCUT2D eigenvalue weighted by Gasteiger charge is 2.44. The van der Waals surface area contributed by atoms with Gasteiger partial charge in [-0.3, -0.25) is 14.4 Å². The van der Waals surface area contributed by atoms with Crippen molar-refractivity contribution >= 4 is 11.8 Å². The Morgan fingerprint density at radius 1 is 1.14 bits per heavy atom. The summed E-state index contributed by atoms with van der Waals surface area (Å²) in [6, 6.07) is 12.2. The maximum absolute atomic E-state index is 13.9. The maximum Gasteiger partial charge on any atom is 0.276 e. The van der Waals surface area contributed by atoms with Crippen LogP contribution in [0.2, 0.25) is 0 Å². The van der Waals surface area contributed by atoms with Gasteiger partial charge < -0.3 is 24.6 Å². The highest BCUT2D eigenvalue weighted by Crippen LogP contribution is 2.31. The molecule has 3 aromatic rings. The summed E-state index contributed by atoms with van der Waals surface area (Å²) >= 11 is 0. The van der Waals surface area contributed by atoms with Crippen LogP contribution in [-0.2, 0) is 24.2 Å². The molecule has 180 valence electrons. The van der Waals surface area contributed by atoms with E-state index in [1.54, 1.807) is 0 Å². The highest BCUT2D eigenvalue weighted by molar-refractivity contribution is 5.99. The van der Waals surface area contributed by atoms with Crippen molar-refractivity contribution in [3.05, 3.63) is 99.0 Å². The fourth-order valence-electron chi connectivity index (χ4n) is 4.50. The first kappa shape index (κ1) is 22.7. The van der Waals surface area contributed by atoms with Gasteiger partial charge in [0.1, 0.15) is 17.2 Å². The second-order valence-electron chi connectivity index (χ2n) is 8.48. The summed E-state index contributed by atoms with van der Waals surface area (Å²) in [4.78, 5) is 40.2. The minimum atomic E-state index is -1.01. The van der Waals surface area contributed by atoms with E-state index in [-0.39, 0.29) is 30.4 Å². The van der Waals surface area contributed by atoms with Gasteiger partial charge in [-0.25, -0.2) is 8.78 Å². The van der Waals surface area contributed by atoms with Crippen molar-refractivity contribution in [3.63, 3.8) is 0 Å². The Labute approximate surface area is 198 Å². The van der Waals surface area contributed by atoms with Crippen LogP contribution < -0.4 is 10.7 Å². The van der Waals surface area contributed by atoms with Gasteiger partial charge >= 0.3 is 0 Å². The van der Waals surface area contributed by atoms with Crippen molar-refractivity contribution < 1.29 is 28.2 Å². The summed E-state index contributed by atoms with van der Waals surface area (Å²) in [7, 11) is 0. The fourth-order valence-corrected chi connectivity index (χ4v) is 4.50. The molecule has 2 amide bonds. The summed E-state index contributed by atoms with van der Waals surface area (Å²) in [5.74, 6) is -3.86. The number of hydrogen-bond donors (Lipinski definition) is 2. The molecule has 1 saturated heterocycles. The topological polar surface area (TPSA) is 101 Å². The predicted octanol–water partition coefficient (Wildman–Crippen LogP) is 2.19. The van der Waals surface area contributed by atoms with Crippen LogP contribution in [0.3, 0.4) is 0 Å². The van der Waals surface area contributed by atoms with E-state index in [2.05, 4.69) is 5.32 Å². The minimum absolute atomic E-state index is 0.0247. The molecule has 0 bridgehead atoms. The molecule has 8 nitrogen and oxygen atoms in total. The van der Waals surface area contributed by atoms with Crippen LogP contribution >= 0.6 is 0 Å². The van der Waals surface area contributed by atoms with Gasteiger partial charge in [0, 0.05) is 24.4 Å². The number of hydrogen-bond acceptors (Lipinski definition) is 5. The molecule has 2 aliphatic rings. The molecule has 0 spiro atoms. The number of pyridine rings is 1. The van der Waals surface area contributed by atoms with E-state index in [1.165, 1.54) is 21.7 Å². The van der Waals surface area contributed by atoms with E-state index in [0.29, 0.717) is 19.1 Å². The molecule has 2 aromatic carbocycles. The summed E-state index contributed by atoms with van der Waals surface area (Å²) < 4.78 is 34.1. The van der Waals surface area contributed by atoms with E-state index in [4.69, 9.17) is 4.74 Å². The summed E-state index contributed by atoms with van der Waals surface area (Å²) in [5, 5.41) is 13.0. The lowest BCUT2D eigenvalue weighted by Crippen LogP contribution is -2.50. The zero-order valence-corrected chi connectivity index (χ0v) is 18.4. The molecule has 35 heavy (non-hydrogen) atoms. The Hall–Kier alpha value is -4.05. The number of nitrogens with one attached hydrogen (secondary N) is 1. The number of amides is 2. The molecule has 2 N–H and O–H groups in total. The van der Waals surface area contributed by atoms with Gasteiger partial charge in [-0.05, 0) is 18.1 Å². The Morgan fingerprint density at radius 2 is 1.91 bits per heavy atom. The van der Waals surface area contributed by atoms with Crippen molar-refractivity contribution in [1.82, 2.24) is 14.8 Å². The average molecular weight is 481 g/mol. The lowest BCUT2D eigenvalue weighted by atomic mass is 10.0. The van der Waals surface area contributed by atoms with Crippen LogP contribution in [0.15, 0.2) is 59.5 Å². The molecule has 1 unspecified atom stereocenters. The first-order chi connectivity index (χ1) is 16.8. The number of carbonyl (C=O) groups excluding carboxylic acids is 2. The van der Waals surface area contributed by atoms with Crippen LogP contribution in [0, 0.1) is 11.6 Å². The molecule has 1 aromatic heterocycles. The first-order valence-electron chi connectivity index (χ1n) is 11.0. The van der Waals surface area contributed by atoms with Crippen LogP contribution in [0.1, 0.15) is 32.0 Å². The van der Waals surface area contributed by atoms with Crippen LogP contribution in [0.5, 0.6) is 5.75 Å². The second kappa shape index (κ2) is 8.95. The van der Waals surface area contributed by atoms with Crippen LogP contribution in [-0.4, -0.2) is 45.3 Å². The average Bonchev–Trinajstić information content (AvgIpc) is 3.23. The van der Waals surface area contributed by atoms with Crippen molar-refractivity contribution in [2.24, 2.45) is 0 Å². The summed E-state index contributed by atoms with van der Waals surface area (Å²) in [5.41, 5.74) is -0.590. The number of carbonyl (C=O) groups is 2. The molecule has 2 atom stereocenters. The lowest BCUT2D eigenvalue weighted by Gasteiger charge is -2.34. The summed E-state index contributed by atoms with van der Waals surface area (Å²) in [6.45, 7) is 0.112. The number of ether oxygens (including phenoxy) is 1. The fraction of sp³-hybridized carbons (Fsp3) is 0.240. The van der Waals surface area contributed by atoms with E-state index >= 15 is 0 Å². The van der Waals surface area contributed by atoms with E-state index < -0.39 is 46.4 Å². The van der Waals surface area contributed by atoms with Gasteiger partial charge in [0.15, 0.2) is 17.7 Å². The number of nitrogens with zero attached hydrogens (tertiary/aromatic N) is 2. The quantitative estimate of drug-likeness (QED) is 0.582. The third kappa shape index (κ3) is 4.17. The number of fused-ring (bicyclic) bond motifs is 2. The predicted molar refractivity (Wildman–Crippen MR) is 120 cm³/mol. The Bertz CT molecular complexity index is 1380. The van der Waals surface area contributed by atoms with E-state index in [1.807, 2.05) is 30.3 Å². The Kier molecular flexibility index (Phi) is 5.81. The largest absolute Gasteiger partial charge is 0.503 e. The molecular formula is C25H21F2N3O5. The van der Waals surface area contributed by atoms with Gasteiger partial charge in [0.25, 0.3) is 11.8 Å². The zero-order valence-electron chi connectivity index (χ0n) is 18.4. The van der Waals surface area contributed by atoms with Gasteiger partial charge in [-0.15, -0.1) is 0 Å². The SMILES string of the molecule is O=C(NCc1ccc(F)cc1F)c1cn2c(c(O)c1=O)C(=O)N1C(C2)OC[C@H]1Cc1ccccc1. The van der Waals surface area contributed by atoms with Crippen molar-refractivity contribution in [2.45, 2.75) is 31.8 Å². The Balaban J connectivity index is 1.39. The third-order valence-corrected chi connectivity index (χ3v) is 6.24. The van der Waals surface area contributed by atoms with Gasteiger partial charge in [0.2, 0.25) is 5.43 Å². The number of aromatic nitrogens is 1. The van der Waals surface area contributed by atoms with E-state index in [9.17, 15) is 28.3 Å². The molecule has 10 heteroatoms. The smallest absolute Gasteiger partial charge is 0.276 e. The number of rotatable bonds is 5. The second-order valence-corrected chi connectivity index (χ2v) is 8.48. The molecule has 0 radical (unpaired) electrons. The number of aromatic hydroxyl groups is 1. The lowest BCUT2D eigenvalue weighted by molar-refractivity contribution is 0.00575. The highest BCUT2D eigenvalue weighted by atomic mass is 19.1. The molecular weight excluding hydrogens is 460 g/mol. The molecule has 1 fully saturated rings. The van der Waals surface area contributed by atoms with Crippen molar-refractivity contribution in [1.29, 1.82) is 0 Å². The minimum Gasteiger partial charge on any atom is -0.503 e. The summed E-state index contributed by atoms with van der Waals surface area (Å²) in [6.07, 6.45) is 1.13. The monoisotopic (exact) mass is 481 g/mol. The van der Waals surface area contributed by atoms with Crippen molar-refractivity contribution in [2.75, 3.05) is 6.61 Å². The van der Waals surface area contributed by atoms with E-state index in [0.717, 1.165) is 11.6 Å². The standard InChI is InChI=1S/C25H21F2N3O5/c26-16-7-6-15(19(27)9-16)10-28-24(33)18-11-29-12-20-30(25(34)21(29)23(32)22(18)31)17(13-35-20)8-14-4-2-1-3-5-14/h1-7,9,11,17,20,32H,8,10,12-13H2,(H,28,33)/t17-,20?/m1/s1. The van der Waals surface area contributed by atoms with Gasteiger partial charge in [-0.2, -0.15) is 0 Å². The Morgan fingerprint density at radius 3 is 2.66 bits per heavy atom. The van der Waals surface area contributed by atoms with Gasteiger partial charge in [-0.1, -0.05) is 36.4 Å². The van der Waals surface area contributed by atoms with Crippen molar-refractivity contribution in [3.8, 4) is 5.75 Å².